The average Bonchev–Trinajstić information content (AvgIpc) is 2.10. The van der Waals surface area contributed by atoms with Gasteiger partial charge in [0.1, 0.15) is 13.2 Å². The third kappa shape index (κ3) is 10.3. The molecule has 0 heterocycles. The fraction of sp³-hybridized carbons (Fsp3) is 0.800. The van der Waals surface area contributed by atoms with Gasteiger partial charge in [-0.25, -0.2) is 0 Å². The van der Waals surface area contributed by atoms with Gasteiger partial charge in [0.15, 0.2) is 0 Å². The van der Waals surface area contributed by atoms with Gasteiger partial charge in [-0.15, -0.1) is 6.58 Å². The standard InChI is InChI=1S/C10H22NO4P/c1-5-6-7-9-14-16(12,13)15-10-8-11(2,3)4/h5H,1,6-10H2,2-4H3. The van der Waals surface area contributed by atoms with Gasteiger partial charge in [-0.05, 0) is 12.8 Å². The summed E-state index contributed by atoms with van der Waals surface area (Å²) in [6.45, 7) is 4.44. The highest BCUT2D eigenvalue weighted by Crippen LogP contribution is 2.38. The monoisotopic (exact) mass is 251 g/mol. The molecule has 0 saturated heterocycles. The largest absolute Gasteiger partial charge is 0.756 e. The Hall–Kier alpha value is -0.190. The molecule has 0 aromatic carbocycles. The number of nitrogens with zero attached hydrogens (tertiary/aromatic N) is 1. The van der Waals surface area contributed by atoms with Crippen molar-refractivity contribution in [1.82, 2.24) is 0 Å². The quantitative estimate of drug-likeness (QED) is 0.267. The Morgan fingerprint density at radius 3 is 2.38 bits per heavy atom. The van der Waals surface area contributed by atoms with Gasteiger partial charge in [0.25, 0.3) is 7.82 Å². The van der Waals surface area contributed by atoms with E-state index in [2.05, 4.69) is 11.1 Å². The van der Waals surface area contributed by atoms with Crippen molar-refractivity contribution in [3.05, 3.63) is 12.7 Å². The summed E-state index contributed by atoms with van der Waals surface area (Å²) in [5, 5.41) is 0. The number of allylic oxidation sites excluding steroid dienone is 1. The van der Waals surface area contributed by atoms with Crippen molar-refractivity contribution >= 4 is 7.82 Å². The van der Waals surface area contributed by atoms with Crippen LogP contribution in [-0.4, -0.2) is 45.4 Å². The van der Waals surface area contributed by atoms with Crippen molar-refractivity contribution in [2.75, 3.05) is 40.9 Å². The molecule has 1 unspecified atom stereocenters. The van der Waals surface area contributed by atoms with Crippen molar-refractivity contribution in [3.63, 3.8) is 0 Å². The van der Waals surface area contributed by atoms with E-state index < -0.39 is 7.82 Å². The van der Waals surface area contributed by atoms with Crippen LogP contribution in [0.5, 0.6) is 0 Å². The fourth-order valence-corrected chi connectivity index (χ4v) is 1.60. The molecule has 5 nitrogen and oxygen atoms in total. The van der Waals surface area contributed by atoms with Gasteiger partial charge in [0.05, 0.1) is 27.7 Å². The number of rotatable bonds is 9. The molecule has 6 heteroatoms. The smallest absolute Gasteiger partial charge is 0.268 e. The molecule has 0 aliphatic rings. The molecule has 0 aromatic heterocycles. The lowest BCUT2D eigenvalue weighted by Gasteiger charge is -2.27. The van der Waals surface area contributed by atoms with Crippen LogP contribution in [-0.2, 0) is 13.6 Å². The third-order valence-electron chi connectivity index (χ3n) is 1.81. The molecule has 0 amide bonds. The van der Waals surface area contributed by atoms with E-state index in [-0.39, 0.29) is 13.2 Å². The van der Waals surface area contributed by atoms with Gasteiger partial charge in [-0.3, -0.25) is 4.57 Å². The molecule has 0 aliphatic heterocycles. The zero-order chi connectivity index (χ0) is 12.7. The molecule has 0 fully saturated rings. The zero-order valence-electron chi connectivity index (χ0n) is 10.3. The van der Waals surface area contributed by atoms with Crippen LogP contribution in [0.25, 0.3) is 0 Å². The van der Waals surface area contributed by atoms with Crippen LogP contribution in [0.3, 0.4) is 0 Å². The van der Waals surface area contributed by atoms with Crippen LogP contribution in [0.1, 0.15) is 12.8 Å². The summed E-state index contributed by atoms with van der Waals surface area (Å²) in [4.78, 5) is 11.2. The van der Waals surface area contributed by atoms with Gasteiger partial charge in [0.2, 0.25) is 0 Å². The molecular weight excluding hydrogens is 229 g/mol. The highest BCUT2D eigenvalue weighted by Gasteiger charge is 2.12. The lowest BCUT2D eigenvalue weighted by Crippen LogP contribution is -2.37. The van der Waals surface area contributed by atoms with Crippen molar-refractivity contribution in [1.29, 1.82) is 0 Å². The van der Waals surface area contributed by atoms with E-state index in [0.717, 1.165) is 6.42 Å². The first-order chi connectivity index (χ1) is 7.27. The van der Waals surface area contributed by atoms with Gasteiger partial charge < -0.3 is 18.4 Å². The third-order valence-corrected chi connectivity index (χ3v) is 2.81. The maximum Gasteiger partial charge on any atom is 0.268 e. The Balaban J connectivity index is 3.70. The van der Waals surface area contributed by atoms with E-state index in [1.807, 2.05) is 21.1 Å². The Bertz CT molecular complexity index is 250. The summed E-state index contributed by atoms with van der Waals surface area (Å²) in [6, 6.07) is 0. The molecule has 0 aliphatic carbocycles. The molecule has 0 rings (SSSR count). The van der Waals surface area contributed by atoms with E-state index >= 15 is 0 Å². The topological polar surface area (TPSA) is 58.6 Å². The Morgan fingerprint density at radius 2 is 1.88 bits per heavy atom. The number of hydrogen-bond donors (Lipinski definition) is 0. The number of unbranched alkanes of at least 4 members (excludes halogenated alkanes) is 1. The van der Waals surface area contributed by atoms with Gasteiger partial charge in [-0.2, -0.15) is 0 Å². The maximum absolute atomic E-state index is 11.2. The number of hydrogen-bond acceptors (Lipinski definition) is 4. The van der Waals surface area contributed by atoms with Crippen LogP contribution >= 0.6 is 7.82 Å². The summed E-state index contributed by atoms with van der Waals surface area (Å²) >= 11 is 0. The van der Waals surface area contributed by atoms with Gasteiger partial charge in [-0.1, -0.05) is 6.08 Å². The molecule has 0 spiro atoms. The van der Waals surface area contributed by atoms with Crippen LogP contribution < -0.4 is 4.89 Å². The maximum atomic E-state index is 11.2. The van der Waals surface area contributed by atoms with Crippen LogP contribution in [0.2, 0.25) is 0 Å². The molecule has 0 radical (unpaired) electrons. The van der Waals surface area contributed by atoms with E-state index in [0.29, 0.717) is 17.4 Å². The SMILES string of the molecule is C=CCCCOP(=O)([O-])OCC[N+](C)(C)C. The molecule has 96 valence electrons. The van der Waals surface area contributed by atoms with Gasteiger partial charge >= 0.3 is 0 Å². The first-order valence-corrected chi connectivity index (χ1v) is 6.74. The highest BCUT2D eigenvalue weighted by molar-refractivity contribution is 7.45. The Labute approximate surface area is 97.9 Å². The zero-order valence-corrected chi connectivity index (χ0v) is 11.2. The summed E-state index contributed by atoms with van der Waals surface area (Å²) in [5.74, 6) is 0. The van der Waals surface area contributed by atoms with Gasteiger partial charge in [0, 0.05) is 0 Å². The van der Waals surface area contributed by atoms with Crippen molar-refractivity contribution in [2.24, 2.45) is 0 Å². The van der Waals surface area contributed by atoms with Crippen LogP contribution in [0, 0.1) is 0 Å². The minimum absolute atomic E-state index is 0.145. The first-order valence-electron chi connectivity index (χ1n) is 5.28. The van der Waals surface area contributed by atoms with Crippen LogP contribution in [0.4, 0.5) is 0 Å². The summed E-state index contributed by atoms with van der Waals surface area (Å²) in [7, 11) is 1.77. The number of phosphoric ester groups is 1. The van der Waals surface area contributed by atoms with E-state index in [1.165, 1.54) is 0 Å². The second kappa shape index (κ2) is 7.20. The molecule has 0 aromatic rings. The molecule has 16 heavy (non-hydrogen) atoms. The fourth-order valence-electron chi connectivity index (χ4n) is 0.868. The summed E-state index contributed by atoms with van der Waals surface area (Å²) < 4.78 is 21.3. The predicted octanol–water partition coefficient (Wildman–Crippen LogP) is 1.16. The summed E-state index contributed by atoms with van der Waals surface area (Å²) in [6.07, 6.45) is 3.09. The first kappa shape index (κ1) is 15.8. The second-order valence-electron chi connectivity index (χ2n) is 4.56. The van der Waals surface area contributed by atoms with E-state index in [1.54, 1.807) is 6.08 Å². The lowest BCUT2D eigenvalue weighted by molar-refractivity contribution is -0.870. The molecule has 0 saturated carbocycles. The Kier molecular flexibility index (Phi) is 7.11. The number of phosphoric acid groups is 1. The molecule has 0 bridgehead atoms. The van der Waals surface area contributed by atoms with E-state index in [9.17, 15) is 9.46 Å². The minimum Gasteiger partial charge on any atom is -0.756 e. The summed E-state index contributed by atoms with van der Waals surface area (Å²) in [5.41, 5.74) is 0. The van der Waals surface area contributed by atoms with Crippen molar-refractivity contribution < 1.29 is 23.0 Å². The normalized spacial score (nSPS) is 15.8. The second-order valence-corrected chi connectivity index (χ2v) is 5.97. The average molecular weight is 251 g/mol. The number of quaternary nitrogens is 1. The van der Waals surface area contributed by atoms with E-state index in [4.69, 9.17) is 4.52 Å². The van der Waals surface area contributed by atoms with Crippen LogP contribution in [0.15, 0.2) is 12.7 Å². The number of likely N-dealkylation sites (N-methyl/N-ethyl adjacent to an activating group) is 1. The molecule has 1 atom stereocenters. The predicted molar refractivity (Wildman–Crippen MR) is 61.8 cm³/mol. The Morgan fingerprint density at radius 1 is 1.31 bits per heavy atom. The molecular formula is C10H22NO4P. The highest BCUT2D eigenvalue weighted by atomic mass is 31.2. The lowest BCUT2D eigenvalue weighted by atomic mass is 10.3. The minimum atomic E-state index is -4.11. The van der Waals surface area contributed by atoms with Crippen molar-refractivity contribution in [3.8, 4) is 0 Å². The van der Waals surface area contributed by atoms with Crippen molar-refractivity contribution in [2.45, 2.75) is 12.8 Å². The molecule has 0 N–H and O–H groups in total.